The molecule has 0 spiro atoms. The van der Waals surface area contributed by atoms with E-state index in [9.17, 15) is 4.79 Å². The number of hydrogen-bond donors (Lipinski definition) is 0. The van der Waals surface area contributed by atoms with E-state index < -0.39 is 0 Å². The normalized spacial score (nSPS) is 14.4. The van der Waals surface area contributed by atoms with Crippen LogP contribution in [-0.2, 0) is 0 Å². The summed E-state index contributed by atoms with van der Waals surface area (Å²) in [5.41, 5.74) is 1.83. The molecule has 1 amide bonds. The Morgan fingerprint density at radius 1 is 1.03 bits per heavy atom. The molecule has 0 atom stereocenters. The van der Waals surface area contributed by atoms with Gasteiger partial charge in [-0.3, -0.25) is 4.79 Å². The molecule has 3 aromatic heterocycles. The molecule has 4 heterocycles. The fourth-order valence-corrected chi connectivity index (χ4v) is 3.78. The van der Waals surface area contributed by atoms with Crippen molar-refractivity contribution in [3.63, 3.8) is 0 Å². The van der Waals surface area contributed by atoms with E-state index in [1.807, 2.05) is 36.3 Å². The number of hydrogen-bond acceptors (Lipinski definition) is 5. The van der Waals surface area contributed by atoms with E-state index in [0.717, 1.165) is 68.4 Å². The van der Waals surface area contributed by atoms with Gasteiger partial charge in [0.25, 0.3) is 5.91 Å². The molecule has 3 aromatic rings. The molecule has 0 aromatic carbocycles. The summed E-state index contributed by atoms with van der Waals surface area (Å²) < 4.78 is 2.13. The fraction of sp³-hybridized carbons (Fsp3) is 0.409. The number of fused-ring (bicyclic) bond motifs is 1. The van der Waals surface area contributed by atoms with Crippen LogP contribution in [0.5, 0.6) is 0 Å². The maximum absolute atomic E-state index is 12.8. The first-order valence-corrected chi connectivity index (χ1v) is 10.3. The molecule has 7 heteroatoms. The monoisotopic (exact) mass is 392 g/mol. The highest BCUT2D eigenvalue weighted by Crippen LogP contribution is 2.23. The van der Waals surface area contributed by atoms with E-state index >= 15 is 0 Å². The quantitative estimate of drug-likeness (QED) is 0.646. The van der Waals surface area contributed by atoms with Crippen LogP contribution in [0.1, 0.15) is 30.1 Å². The molecule has 1 saturated heterocycles. The lowest BCUT2D eigenvalue weighted by molar-refractivity contribution is 0.0793. The number of unbranched alkanes of at least 4 members (excludes halogenated alkanes) is 1. The summed E-state index contributed by atoms with van der Waals surface area (Å²) in [5, 5.41) is 0. The van der Waals surface area contributed by atoms with Crippen molar-refractivity contribution in [2.45, 2.75) is 19.8 Å². The summed E-state index contributed by atoms with van der Waals surface area (Å²) in [6, 6.07) is 10.0. The van der Waals surface area contributed by atoms with Crippen LogP contribution in [-0.4, -0.2) is 64.9 Å². The number of anilines is 2. The second-order valence-corrected chi connectivity index (χ2v) is 7.51. The van der Waals surface area contributed by atoms with Gasteiger partial charge in [0, 0.05) is 63.9 Å². The van der Waals surface area contributed by atoms with Crippen LogP contribution in [0.25, 0.3) is 5.52 Å². The van der Waals surface area contributed by atoms with Crippen molar-refractivity contribution in [1.29, 1.82) is 0 Å². The van der Waals surface area contributed by atoms with E-state index in [0.29, 0.717) is 0 Å². The second-order valence-electron chi connectivity index (χ2n) is 7.51. The zero-order chi connectivity index (χ0) is 20.2. The van der Waals surface area contributed by atoms with E-state index in [4.69, 9.17) is 0 Å². The number of nitrogens with zero attached hydrogens (tertiary/aromatic N) is 6. The third-order valence-corrected chi connectivity index (χ3v) is 5.51. The van der Waals surface area contributed by atoms with Gasteiger partial charge in [0.15, 0.2) is 0 Å². The van der Waals surface area contributed by atoms with Gasteiger partial charge in [-0.05, 0) is 36.8 Å². The molecule has 0 aliphatic carbocycles. The van der Waals surface area contributed by atoms with E-state index in [-0.39, 0.29) is 5.91 Å². The van der Waals surface area contributed by atoms with Crippen molar-refractivity contribution in [3.05, 3.63) is 54.5 Å². The van der Waals surface area contributed by atoms with Crippen molar-refractivity contribution < 1.29 is 4.79 Å². The summed E-state index contributed by atoms with van der Waals surface area (Å²) in [6.45, 7) is 6.44. The summed E-state index contributed by atoms with van der Waals surface area (Å²) in [4.78, 5) is 27.9. The summed E-state index contributed by atoms with van der Waals surface area (Å²) in [6.07, 6.45) is 7.64. The Bertz CT molecular complexity index is 962. The van der Waals surface area contributed by atoms with Gasteiger partial charge in [0.05, 0.1) is 5.56 Å². The van der Waals surface area contributed by atoms with Crippen LogP contribution >= 0.6 is 0 Å². The molecule has 0 bridgehead atoms. The zero-order valence-corrected chi connectivity index (χ0v) is 17.2. The number of piperazine rings is 1. The van der Waals surface area contributed by atoms with Gasteiger partial charge in [-0.2, -0.15) is 0 Å². The Kier molecular flexibility index (Phi) is 5.64. The highest BCUT2D eigenvalue weighted by Gasteiger charge is 2.21. The highest BCUT2D eigenvalue weighted by molar-refractivity contribution is 5.94. The fourth-order valence-electron chi connectivity index (χ4n) is 3.78. The van der Waals surface area contributed by atoms with Crippen molar-refractivity contribution >= 4 is 23.2 Å². The molecule has 152 valence electrons. The maximum Gasteiger partial charge on any atom is 0.255 e. The third kappa shape index (κ3) is 4.04. The molecule has 0 unspecified atom stereocenters. The Labute approximate surface area is 171 Å². The molecule has 0 radical (unpaired) electrons. The number of rotatable bonds is 6. The van der Waals surface area contributed by atoms with Gasteiger partial charge >= 0.3 is 0 Å². The van der Waals surface area contributed by atoms with E-state index in [2.05, 4.69) is 43.2 Å². The molecule has 29 heavy (non-hydrogen) atoms. The SMILES string of the molecule is CCCCN(C)C(=O)c1ccc2ccc(N3CCN(c4ncccn4)CC3)n2c1. The van der Waals surface area contributed by atoms with Gasteiger partial charge in [0.1, 0.15) is 5.82 Å². The predicted octanol–water partition coefficient (Wildman–Crippen LogP) is 2.93. The van der Waals surface area contributed by atoms with Gasteiger partial charge in [-0.25, -0.2) is 9.97 Å². The maximum atomic E-state index is 12.8. The Morgan fingerprint density at radius 3 is 2.45 bits per heavy atom. The van der Waals surface area contributed by atoms with Crippen LogP contribution in [0.15, 0.2) is 48.9 Å². The van der Waals surface area contributed by atoms with Gasteiger partial charge < -0.3 is 19.1 Å². The predicted molar refractivity (Wildman–Crippen MR) is 116 cm³/mol. The van der Waals surface area contributed by atoms with E-state index in [1.165, 1.54) is 0 Å². The largest absolute Gasteiger partial charge is 0.354 e. The van der Waals surface area contributed by atoms with Crippen LogP contribution in [0, 0.1) is 0 Å². The zero-order valence-electron chi connectivity index (χ0n) is 17.2. The number of amides is 1. The first-order valence-electron chi connectivity index (χ1n) is 10.3. The topological polar surface area (TPSA) is 57.0 Å². The average molecular weight is 393 g/mol. The molecule has 7 nitrogen and oxygen atoms in total. The second kappa shape index (κ2) is 8.51. The van der Waals surface area contributed by atoms with Crippen LogP contribution < -0.4 is 9.80 Å². The third-order valence-electron chi connectivity index (χ3n) is 5.51. The number of carbonyl (C=O) groups is 1. The number of aromatic nitrogens is 3. The molecule has 4 rings (SSSR count). The summed E-state index contributed by atoms with van der Waals surface area (Å²) in [7, 11) is 1.88. The van der Waals surface area contributed by atoms with Crippen molar-refractivity contribution in [3.8, 4) is 0 Å². The van der Waals surface area contributed by atoms with Crippen molar-refractivity contribution in [2.24, 2.45) is 0 Å². The molecule has 1 aliphatic heterocycles. The number of carbonyl (C=O) groups excluding carboxylic acids is 1. The molecule has 0 N–H and O–H groups in total. The lowest BCUT2D eigenvalue weighted by atomic mass is 10.2. The minimum atomic E-state index is 0.0750. The molecular formula is C22H28N6O. The first kappa shape index (κ1) is 19.2. The molecule has 1 aliphatic rings. The first-order chi connectivity index (χ1) is 14.2. The van der Waals surface area contributed by atoms with Gasteiger partial charge in [-0.15, -0.1) is 0 Å². The summed E-state index contributed by atoms with van der Waals surface area (Å²) >= 11 is 0. The Morgan fingerprint density at radius 2 is 1.72 bits per heavy atom. The van der Waals surface area contributed by atoms with E-state index in [1.54, 1.807) is 12.4 Å². The van der Waals surface area contributed by atoms with Crippen molar-refractivity contribution in [1.82, 2.24) is 19.3 Å². The minimum absolute atomic E-state index is 0.0750. The lowest BCUT2D eigenvalue weighted by Gasteiger charge is -2.35. The minimum Gasteiger partial charge on any atom is -0.354 e. The standard InChI is InChI=1S/C22H28N6O/c1-3-4-12-25(2)21(29)18-6-7-19-8-9-20(28(19)17-18)26-13-15-27(16-14-26)22-23-10-5-11-24-22/h5-11,17H,3-4,12-16H2,1-2H3. The van der Waals surface area contributed by atoms with Gasteiger partial charge in [0.2, 0.25) is 5.95 Å². The molecule has 0 saturated carbocycles. The molecular weight excluding hydrogens is 364 g/mol. The smallest absolute Gasteiger partial charge is 0.255 e. The lowest BCUT2D eigenvalue weighted by Crippen LogP contribution is -2.47. The highest BCUT2D eigenvalue weighted by atomic mass is 16.2. The Hall–Kier alpha value is -3.09. The molecule has 1 fully saturated rings. The number of pyridine rings is 1. The average Bonchev–Trinajstić information content (AvgIpc) is 3.21. The van der Waals surface area contributed by atoms with Crippen LogP contribution in [0.3, 0.4) is 0 Å². The van der Waals surface area contributed by atoms with Crippen LogP contribution in [0.4, 0.5) is 11.8 Å². The summed E-state index contributed by atoms with van der Waals surface area (Å²) in [5.74, 6) is 1.99. The Balaban J connectivity index is 1.50. The van der Waals surface area contributed by atoms with Gasteiger partial charge in [-0.1, -0.05) is 13.3 Å². The van der Waals surface area contributed by atoms with Crippen LogP contribution in [0.2, 0.25) is 0 Å². The van der Waals surface area contributed by atoms with Crippen molar-refractivity contribution in [2.75, 3.05) is 49.6 Å².